The topological polar surface area (TPSA) is 73.0 Å². The van der Waals surface area contributed by atoms with E-state index in [1.807, 2.05) is 24.3 Å². The summed E-state index contributed by atoms with van der Waals surface area (Å²) in [5.41, 5.74) is 0.962. The summed E-state index contributed by atoms with van der Waals surface area (Å²) in [7, 11) is 0. The Morgan fingerprint density at radius 2 is 1.88 bits per heavy atom. The van der Waals surface area contributed by atoms with Gasteiger partial charge in [0.2, 0.25) is 5.91 Å². The SMILES string of the molecule is CCN1CCN(C(=O)CN2C(=O)NC3(CCc4ccccc43)C2=O)CC1. The summed E-state index contributed by atoms with van der Waals surface area (Å²) >= 11 is 0. The predicted octanol–water partition coefficient (Wildman–Crippen LogP) is 0.544. The molecule has 4 amide bonds. The number of nitrogens with zero attached hydrogens (tertiary/aromatic N) is 3. The third-order valence-corrected chi connectivity index (χ3v) is 5.89. The van der Waals surface area contributed by atoms with Crippen LogP contribution in [0.1, 0.15) is 24.5 Å². The third-order valence-electron chi connectivity index (χ3n) is 5.89. The maximum absolute atomic E-state index is 13.1. The minimum atomic E-state index is -0.991. The van der Waals surface area contributed by atoms with Crippen molar-refractivity contribution in [3.63, 3.8) is 0 Å². The number of likely N-dealkylation sites (N-methyl/N-ethyl adjacent to an activating group) is 1. The second-order valence-electron chi connectivity index (χ2n) is 7.20. The largest absolute Gasteiger partial charge is 0.339 e. The van der Waals surface area contributed by atoms with E-state index in [1.165, 1.54) is 0 Å². The third kappa shape index (κ3) is 2.58. The van der Waals surface area contributed by atoms with E-state index < -0.39 is 11.6 Å². The molecule has 4 rings (SSSR count). The zero-order valence-electron chi connectivity index (χ0n) is 15.0. The normalized spacial score (nSPS) is 25.7. The van der Waals surface area contributed by atoms with Crippen molar-refractivity contribution in [3.8, 4) is 0 Å². The highest BCUT2D eigenvalue weighted by molar-refractivity contribution is 6.09. The fraction of sp³-hybridized carbons (Fsp3) is 0.526. The first-order valence-electron chi connectivity index (χ1n) is 9.28. The first-order chi connectivity index (χ1) is 12.5. The number of carbonyl (C=O) groups excluding carboxylic acids is 3. The summed E-state index contributed by atoms with van der Waals surface area (Å²) in [6, 6.07) is 7.25. The molecule has 1 spiro atoms. The van der Waals surface area contributed by atoms with Crippen molar-refractivity contribution in [2.45, 2.75) is 25.3 Å². The van der Waals surface area contributed by atoms with Crippen molar-refractivity contribution in [1.82, 2.24) is 20.0 Å². The highest BCUT2D eigenvalue weighted by Gasteiger charge is 2.55. The standard InChI is InChI=1S/C19H24N4O3/c1-2-21-9-11-22(12-10-21)16(24)13-23-17(25)19(20-18(23)26)8-7-14-5-3-4-6-15(14)19/h3-6H,2,7-13H2,1H3,(H,20,26). The van der Waals surface area contributed by atoms with Crippen molar-refractivity contribution >= 4 is 17.8 Å². The van der Waals surface area contributed by atoms with Crippen LogP contribution < -0.4 is 5.32 Å². The average molecular weight is 356 g/mol. The maximum atomic E-state index is 13.1. The molecule has 7 nitrogen and oxygen atoms in total. The summed E-state index contributed by atoms with van der Waals surface area (Å²) in [5.74, 6) is -0.458. The highest BCUT2D eigenvalue weighted by atomic mass is 16.2. The number of urea groups is 1. The molecule has 2 heterocycles. The molecule has 1 atom stereocenters. The molecule has 2 saturated heterocycles. The van der Waals surface area contributed by atoms with Crippen LogP contribution >= 0.6 is 0 Å². The lowest BCUT2D eigenvalue weighted by atomic mass is 9.92. The molecule has 0 aromatic heterocycles. The van der Waals surface area contributed by atoms with Crippen LogP contribution in [0.4, 0.5) is 4.79 Å². The molecule has 2 fully saturated rings. The van der Waals surface area contributed by atoms with Gasteiger partial charge in [-0.15, -0.1) is 0 Å². The van der Waals surface area contributed by atoms with E-state index in [9.17, 15) is 14.4 Å². The highest BCUT2D eigenvalue weighted by Crippen LogP contribution is 2.41. The summed E-state index contributed by atoms with van der Waals surface area (Å²) in [4.78, 5) is 43.3. The number of fused-ring (bicyclic) bond motifs is 2. The van der Waals surface area contributed by atoms with Crippen molar-refractivity contribution in [1.29, 1.82) is 0 Å². The van der Waals surface area contributed by atoms with E-state index >= 15 is 0 Å². The average Bonchev–Trinajstić information content (AvgIpc) is 3.15. The van der Waals surface area contributed by atoms with Crippen LogP contribution in [-0.4, -0.2) is 71.8 Å². The quantitative estimate of drug-likeness (QED) is 0.803. The van der Waals surface area contributed by atoms with Crippen molar-refractivity contribution in [2.75, 3.05) is 39.3 Å². The Morgan fingerprint density at radius 3 is 2.62 bits per heavy atom. The molecule has 3 aliphatic rings. The van der Waals surface area contributed by atoms with Gasteiger partial charge in [-0.05, 0) is 30.5 Å². The molecule has 138 valence electrons. The zero-order valence-corrected chi connectivity index (χ0v) is 15.0. The fourth-order valence-electron chi connectivity index (χ4n) is 4.28. The number of piperazine rings is 1. The van der Waals surface area contributed by atoms with Gasteiger partial charge in [-0.3, -0.25) is 14.5 Å². The van der Waals surface area contributed by atoms with Gasteiger partial charge in [-0.25, -0.2) is 4.79 Å². The van der Waals surface area contributed by atoms with Gasteiger partial charge in [0.25, 0.3) is 5.91 Å². The minimum absolute atomic E-state index is 0.160. The number of aryl methyl sites for hydroxylation is 1. The van der Waals surface area contributed by atoms with Crippen LogP contribution in [0, 0.1) is 0 Å². The Morgan fingerprint density at radius 1 is 1.15 bits per heavy atom. The van der Waals surface area contributed by atoms with E-state index in [-0.39, 0.29) is 18.4 Å². The van der Waals surface area contributed by atoms with Gasteiger partial charge >= 0.3 is 6.03 Å². The number of nitrogens with one attached hydrogen (secondary N) is 1. The van der Waals surface area contributed by atoms with E-state index in [2.05, 4.69) is 17.1 Å². The number of hydrogen-bond acceptors (Lipinski definition) is 4. The smallest absolute Gasteiger partial charge is 0.325 e. The minimum Gasteiger partial charge on any atom is -0.339 e. The Kier molecular flexibility index (Phi) is 4.19. The molecule has 0 bridgehead atoms. The van der Waals surface area contributed by atoms with Crippen LogP contribution in [0.5, 0.6) is 0 Å². The number of carbonyl (C=O) groups is 3. The fourth-order valence-corrected chi connectivity index (χ4v) is 4.28. The lowest BCUT2D eigenvalue weighted by molar-refractivity contribution is -0.140. The van der Waals surface area contributed by atoms with E-state index in [1.54, 1.807) is 4.90 Å². The van der Waals surface area contributed by atoms with Gasteiger partial charge in [-0.2, -0.15) is 0 Å². The molecule has 26 heavy (non-hydrogen) atoms. The van der Waals surface area contributed by atoms with Gasteiger partial charge in [0.05, 0.1) is 0 Å². The lowest BCUT2D eigenvalue weighted by Gasteiger charge is -2.34. The lowest BCUT2D eigenvalue weighted by Crippen LogP contribution is -2.52. The summed E-state index contributed by atoms with van der Waals surface area (Å²) in [6.45, 7) is 5.84. The van der Waals surface area contributed by atoms with Crippen molar-refractivity contribution < 1.29 is 14.4 Å². The first-order valence-corrected chi connectivity index (χ1v) is 9.28. The van der Waals surface area contributed by atoms with Gasteiger partial charge in [-0.1, -0.05) is 31.2 Å². The van der Waals surface area contributed by atoms with E-state index in [0.29, 0.717) is 19.5 Å². The van der Waals surface area contributed by atoms with Gasteiger partial charge in [0.1, 0.15) is 12.1 Å². The number of rotatable bonds is 3. The van der Waals surface area contributed by atoms with Crippen molar-refractivity contribution in [2.24, 2.45) is 0 Å². The monoisotopic (exact) mass is 356 g/mol. The maximum Gasteiger partial charge on any atom is 0.325 e. The summed E-state index contributed by atoms with van der Waals surface area (Å²) in [6.07, 6.45) is 1.31. The Bertz CT molecular complexity index is 757. The number of amides is 4. The first kappa shape index (κ1) is 17.0. The second-order valence-corrected chi connectivity index (χ2v) is 7.20. The number of hydrogen-bond donors (Lipinski definition) is 1. The molecule has 1 unspecified atom stereocenters. The molecule has 1 N–H and O–H groups in total. The van der Waals surface area contributed by atoms with Crippen LogP contribution in [0.25, 0.3) is 0 Å². The summed E-state index contributed by atoms with van der Waals surface area (Å²) < 4.78 is 0. The number of imide groups is 1. The van der Waals surface area contributed by atoms with E-state index in [4.69, 9.17) is 0 Å². The molecule has 1 aromatic carbocycles. The van der Waals surface area contributed by atoms with Gasteiger partial charge < -0.3 is 15.1 Å². The zero-order chi connectivity index (χ0) is 18.3. The Labute approximate surface area is 152 Å². The van der Waals surface area contributed by atoms with Gasteiger partial charge in [0.15, 0.2) is 0 Å². The molecule has 0 saturated carbocycles. The summed E-state index contributed by atoms with van der Waals surface area (Å²) in [5, 5.41) is 2.87. The van der Waals surface area contributed by atoms with Crippen LogP contribution in [-0.2, 0) is 21.5 Å². The van der Waals surface area contributed by atoms with E-state index in [0.717, 1.165) is 42.1 Å². The molecule has 1 aliphatic carbocycles. The molecular formula is C19H24N4O3. The Balaban J connectivity index is 1.48. The molecule has 2 aliphatic heterocycles. The van der Waals surface area contributed by atoms with Gasteiger partial charge in [0, 0.05) is 26.2 Å². The molecule has 1 aromatic rings. The number of benzene rings is 1. The second kappa shape index (κ2) is 6.39. The van der Waals surface area contributed by atoms with Crippen LogP contribution in [0.15, 0.2) is 24.3 Å². The molecule has 0 radical (unpaired) electrons. The molecular weight excluding hydrogens is 332 g/mol. The van der Waals surface area contributed by atoms with Crippen LogP contribution in [0.3, 0.4) is 0 Å². The van der Waals surface area contributed by atoms with Crippen LogP contribution in [0.2, 0.25) is 0 Å². The predicted molar refractivity (Wildman–Crippen MR) is 95.4 cm³/mol. The van der Waals surface area contributed by atoms with Crippen molar-refractivity contribution in [3.05, 3.63) is 35.4 Å². The Hall–Kier alpha value is -2.41. The molecule has 7 heteroatoms.